The first-order chi connectivity index (χ1) is 25.0. The second-order valence-corrected chi connectivity index (χ2v) is 13.4. The van der Waals surface area contributed by atoms with Crippen LogP contribution in [0, 0.1) is 11.7 Å². The van der Waals surface area contributed by atoms with Gasteiger partial charge in [-0.3, -0.25) is 4.79 Å². The van der Waals surface area contributed by atoms with Gasteiger partial charge in [0, 0.05) is 49.4 Å². The van der Waals surface area contributed by atoms with Crippen molar-refractivity contribution < 1.29 is 33.4 Å². The van der Waals surface area contributed by atoms with E-state index >= 15 is 0 Å². The van der Waals surface area contributed by atoms with Crippen LogP contribution in [0.25, 0.3) is 10.8 Å². The predicted octanol–water partition coefficient (Wildman–Crippen LogP) is 7.58. The molecule has 1 heterocycles. The fourth-order valence-corrected chi connectivity index (χ4v) is 6.19. The summed E-state index contributed by atoms with van der Waals surface area (Å²) in [6.07, 6.45) is 1.65. The van der Waals surface area contributed by atoms with Crippen molar-refractivity contribution in [2.24, 2.45) is 5.92 Å². The monoisotopic (exact) mass is 713 g/mol. The van der Waals surface area contributed by atoms with Crippen LogP contribution in [0.3, 0.4) is 0 Å². The number of nitrogens with one attached hydrogen (secondary N) is 3. The summed E-state index contributed by atoms with van der Waals surface area (Å²) >= 11 is 0. The molecule has 0 saturated heterocycles. The number of halogens is 1. The second kappa shape index (κ2) is 17.8. The van der Waals surface area contributed by atoms with E-state index in [1.807, 2.05) is 56.3 Å². The molecule has 12 heteroatoms. The average Bonchev–Trinajstić information content (AvgIpc) is 3.13. The zero-order valence-corrected chi connectivity index (χ0v) is 30.1. The zero-order chi connectivity index (χ0) is 37.2. The highest BCUT2D eigenvalue weighted by Gasteiger charge is 2.31. The van der Waals surface area contributed by atoms with Gasteiger partial charge in [-0.2, -0.15) is 0 Å². The second-order valence-electron chi connectivity index (χ2n) is 13.4. The van der Waals surface area contributed by atoms with Gasteiger partial charge in [0.15, 0.2) is 0 Å². The fraction of sp³-hybridized carbons (Fsp3) is 0.375. The van der Waals surface area contributed by atoms with Crippen LogP contribution in [0.15, 0.2) is 84.9 Å². The smallest absolute Gasteiger partial charge is 0.323 e. The van der Waals surface area contributed by atoms with Crippen molar-refractivity contribution in [3.05, 3.63) is 96.3 Å². The molecule has 0 saturated carbocycles. The quantitative estimate of drug-likeness (QED) is 0.156. The fourth-order valence-electron chi connectivity index (χ4n) is 6.19. The molecule has 4 aromatic carbocycles. The first-order valence-corrected chi connectivity index (χ1v) is 17.7. The highest BCUT2D eigenvalue weighted by molar-refractivity contribution is 6.03. The molecule has 4 aromatic rings. The van der Waals surface area contributed by atoms with Crippen molar-refractivity contribution in [2.45, 2.75) is 58.3 Å². The largest absolute Gasteiger partial charge is 0.490 e. The first kappa shape index (κ1) is 38.0. The number of fused-ring (bicyclic) bond motifs is 2. The van der Waals surface area contributed by atoms with Gasteiger partial charge in [-0.1, -0.05) is 43.3 Å². The number of urea groups is 2. The van der Waals surface area contributed by atoms with Gasteiger partial charge in [0.1, 0.15) is 11.6 Å². The standard InChI is InChI=1S/C40H48FN5O6/c1-26-23-46(27(2)25-47)38(48)34-22-32(43-39(49)42-31-17-15-30(41)16-18-31)19-20-36(34)52-28(3)10-7-8-21-51-37(26)24-45(4)40(50)44-35-14-9-12-29-11-5-6-13-33(29)35/h5-6,9,11-20,22,26-28,37,47H,7-8,10,21,23-25H2,1-4H3,(H,44,50)(H2,42,43,49)/t26-,27+,28+,37-/m0/s1. The third-order valence-corrected chi connectivity index (χ3v) is 9.24. The van der Waals surface area contributed by atoms with Crippen LogP contribution in [0.4, 0.5) is 31.0 Å². The number of carbonyl (C=O) groups is 3. The van der Waals surface area contributed by atoms with Gasteiger partial charge in [0.2, 0.25) is 0 Å². The van der Waals surface area contributed by atoms with E-state index in [0.29, 0.717) is 35.8 Å². The Labute approximate surface area is 304 Å². The maximum atomic E-state index is 14.4. The molecule has 5 amide bonds. The van der Waals surface area contributed by atoms with Crippen LogP contribution in [-0.2, 0) is 4.74 Å². The summed E-state index contributed by atoms with van der Waals surface area (Å²) in [4.78, 5) is 43.9. The Hall–Kier alpha value is -5.20. The Morgan fingerprint density at radius 3 is 2.44 bits per heavy atom. The van der Waals surface area contributed by atoms with Crippen LogP contribution in [0.2, 0.25) is 0 Å². The van der Waals surface area contributed by atoms with Gasteiger partial charge in [-0.25, -0.2) is 14.0 Å². The summed E-state index contributed by atoms with van der Waals surface area (Å²) in [6, 6.07) is 22.4. The number of nitrogens with zero attached hydrogens (tertiary/aromatic N) is 2. The molecule has 0 bridgehead atoms. The molecular formula is C40H48FN5O6. The minimum Gasteiger partial charge on any atom is -0.490 e. The Balaban J connectivity index is 1.36. The van der Waals surface area contributed by atoms with E-state index in [9.17, 15) is 23.9 Å². The minimum atomic E-state index is -0.572. The molecular weight excluding hydrogens is 665 g/mol. The average molecular weight is 714 g/mol. The van der Waals surface area contributed by atoms with E-state index in [1.165, 1.54) is 24.3 Å². The third-order valence-electron chi connectivity index (χ3n) is 9.24. The normalized spacial score (nSPS) is 19.1. The van der Waals surface area contributed by atoms with Gasteiger partial charge >= 0.3 is 12.1 Å². The zero-order valence-electron chi connectivity index (χ0n) is 30.1. The van der Waals surface area contributed by atoms with E-state index in [2.05, 4.69) is 16.0 Å². The molecule has 0 aliphatic carbocycles. The first-order valence-electron chi connectivity index (χ1n) is 17.7. The number of amides is 5. The molecule has 0 unspecified atom stereocenters. The number of hydrogen-bond acceptors (Lipinski definition) is 6. The number of hydrogen-bond donors (Lipinski definition) is 4. The predicted molar refractivity (Wildman–Crippen MR) is 202 cm³/mol. The SMILES string of the molecule is C[C@@H]1CCCCO[C@@H](CN(C)C(=O)Nc2cccc3ccccc23)[C@@H](C)CN([C@H](C)CO)C(=O)c2cc(NC(=O)Nc3ccc(F)cc3)ccc2O1. The number of anilines is 3. The number of aliphatic hydroxyl groups excluding tert-OH is 1. The number of rotatable bonds is 7. The summed E-state index contributed by atoms with van der Waals surface area (Å²) < 4.78 is 26.0. The summed E-state index contributed by atoms with van der Waals surface area (Å²) in [5, 5.41) is 20.7. The van der Waals surface area contributed by atoms with Crippen LogP contribution in [0.5, 0.6) is 5.75 Å². The van der Waals surface area contributed by atoms with Crippen molar-refractivity contribution in [3.63, 3.8) is 0 Å². The lowest BCUT2D eigenvalue weighted by molar-refractivity contribution is -0.0115. The molecule has 4 N–H and O–H groups in total. The molecule has 1 aliphatic rings. The van der Waals surface area contributed by atoms with E-state index in [-0.39, 0.29) is 43.3 Å². The van der Waals surface area contributed by atoms with Gasteiger partial charge < -0.3 is 40.3 Å². The molecule has 5 rings (SSSR count). The van der Waals surface area contributed by atoms with Crippen LogP contribution in [0.1, 0.15) is 50.4 Å². The van der Waals surface area contributed by atoms with Gasteiger partial charge in [-0.15, -0.1) is 0 Å². The summed E-state index contributed by atoms with van der Waals surface area (Å²) in [5.74, 6) is -0.705. The summed E-state index contributed by atoms with van der Waals surface area (Å²) in [5.41, 5.74) is 1.67. The third kappa shape index (κ3) is 9.98. The van der Waals surface area contributed by atoms with Gasteiger partial charge in [0.25, 0.3) is 5.91 Å². The Morgan fingerprint density at radius 1 is 0.962 bits per heavy atom. The van der Waals surface area contributed by atoms with Crippen molar-refractivity contribution in [3.8, 4) is 5.75 Å². The number of aliphatic hydroxyl groups is 1. The number of likely N-dealkylation sites (N-methyl/N-ethyl adjacent to an activating group) is 1. The van der Waals surface area contributed by atoms with Crippen molar-refractivity contribution in [1.29, 1.82) is 0 Å². The number of carbonyl (C=O) groups excluding carboxylic acids is 3. The molecule has 0 spiro atoms. The number of benzene rings is 4. The molecule has 4 atom stereocenters. The molecule has 0 fully saturated rings. The van der Waals surface area contributed by atoms with E-state index < -0.39 is 29.9 Å². The molecule has 0 radical (unpaired) electrons. The maximum absolute atomic E-state index is 14.4. The van der Waals surface area contributed by atoms with Crippen molar-refractivity contribution in [2.75, 3.05) is 49.3 Å². The van der Waals surface area contributed by atoms with Crippen LogP contribution >= 0.6 is 0 Å². The minimum absolute atomic E-state index is 0.210. The van der Waals surface area contributed by atoms with Gasteiger partial charge in [-0.05, 0) is 87.0 Å². The summed E-state index contributed by atoms with van der Waals surface area (Å²) in [7, 11) is 1.72. The lowest BCUT2D eigenvalue weighted by Crippen LogP contribution is -2.48. The van der Waals surface area contributed by atoms with Crippen molar-refractivity contribution in [1.82, 2.24) is 9.80 Å². The number of ether oxygens (including phenoxy) is 2. The topological polar surface area (TPSA) is 132 Å². The lowest BCUT2D eigenvalue weighted by atomic mass is 10.0. The lowest BCUT2D eigenvalue weighted by Gasteiger charge is -2.35. The molecule has 11 nitrogen and oxygen atoms in total. The Morgan fingerprint density at radius 2 is 1.67 bits per heavy atom. The Kier molecular flexibility index (Phi) is 13.0. The van der Waals surface area contributed by atoms with Crippen LogP contribution in [-0.4, -0.2) is 84.5 Å². The van der Waals surface area contributed by atoms with E-state index in [1.54, 1.807) is 42.0 Å². The highest BCUT2D eigenvalue weighted by atomic mass is 19.1. The van der Waals surface area contributed by atoms with Gasteiger partial charge in [0.05, 0.1) is 36.1 Å². The maximum Gasteiger partial charge on any atom is 0.323 e. The van der Waals surface area contributed by atoms with E-state index in [0.717, 1.165) is 23.6 Å². The highest BCUT2D eigenvalue weighted by Crippen LogP contribution is 2.29. The van der Waals surface area contributed by atoms with E-state index in [4.69, 9.17) is 9.47 Å². The van der Waals surface area contributed by atoms with Crippen LogP contribution < -0.4 is 20.7 Å². The Bertz CT molecular complexity index is 1830. The summed E-state index contributed by atoms with van der Waals surface area (Å²) in [6.45, 7) is 6.31. The molecule has 52 heavy (non-hydrogen) atoms. The molecule has 0 aromatic heterocycles. The molecule has 276 valence electrons. The molecule has 1 aliphatic heterocycles. The van der Waals surface area contributed by atoms with Crippen molar-refractivity contribution >= 4 is 45.8 Å².